The van der Waals surface area contributed by atoms with Crippen LogP contribution in [0.4, 0.5) is 5.82 Å². The Labute approximate surface area is 120 Å². The highest BCUT2D eigenvalue weighted by atomic mass is 16.2. The van der Waals surface area contributed by atoms with Crippen LogP contribution in [0.15, 0.2) is 12.1 Å². The average Bonchev–Trinajstić information content (AvgIpc) is 3.01. The summed E-state index contributed by atoms with van der Waals surface area (Å²) in [5.74, 6) is 6.08. The third-order valence-electron chi connectivity index (χ3n) is 4.00. The Kier molecular flexibility index (Phi) is 4.95. The van der Waals surface area contributed by atoms with E-state index in [1.54, 1.807) is 6.07 Å². The van der Waals surface area contributed by atoms with Crippen molar-refractivity contribution in [2.75, 3.05) is 12.0 Å². The lowest BCUT2D eigenvalue weighted by atomic mass is 10.1. The SMILES string of the molecule is CCc1cc(C(=O)N(CC)C2CCCC2)cc(NN)n1. The second-order valence-corrected chi connectivity index (χ2v) is 5.26. The van der Waals surface area contributed by atoms with E-state index in [4.69, 9.17) is 5.84 Å². The highest BCUT2D eigenvalue weighted by Gasteiger charge is 2.26. The molecule has 1 saturated carbocycles. The molecule has 5 nitrogen and oxygen atoms in total. The molecule has 5 heteroatoms. The van der Waals surface area contributed by atoms with E-state index < -0.39 is 0 Å². The molecule has 0 radical (unpaired) electrons. The number of amides is 1. The Balaban J connectivity index is 2.26. The molecule has 1 aromatic rings. The highest BCUT2D eigenvalue weighted by molar-refractivity contribution is 5.95. The van der Waals surface area contributed by atoms with Gasteiger partial charge in [0.25, 0.3) is 5.91 Å². The molecule has 0 bridgehead atoms. The standard InChI is InChI=1S/C15H24N4O/c1-3-12-9-11(10-14(17-12)18-16)15(20)19(4-2)13-7-5-6-8-13/h9-10,13H,3-8,16H2,1-2H3,(H,17,18). The molecular formula is C15H24N4O. The second-order valence-electron chi connectivity index (χ2n) is 5.26. The van der Waals surface area contributed by atoms with Gasteiger partial charge in [-0.15, -0.1) is 0 Å². The highest BCUT2D eigenvalue weighted by Crippen LogP contribution is 2.25. The maximum Gasteiger partial charge on any atom is 0.254 e. The van der Waals surface area contributed by atoms with Crippen LogP contribution in [0.2, 0.25) is 0 Å². The van der Waals surface area contributed by atoms with Crippen LogP contribution in [-0.4, -0.2) is 28.4 Å². The van der Waals surface area contributed by atoms with E-state index in [1.807, 2.05) is 24.8 Å². The van der Waals surface area contributed by atoms with E-state index in [2.05, 4.69) is 10.4 Å². The van der Waals surface area contributed by atoms with E-state index in [1.165, 1.54) is 12.8 Å². The number of aromatic nitrogens is 1. The number of carbonyl (C=O) groups excluding carboxylic acids is 1. The maximum atomic E-state index is 12.7. The normalized spacial score (nSPS) is 15.3. The molecule has 1 aliphatic rings. The lowest BCUT2D eigenvalue weighted by molar-refractivity contribution is 0.0693. The molecule has 1 fully saturated rings. The number of anilines is 1. The molecule has 0 spiro atoms. The molecule has 20 heavy (non-hydrogen) atoms. The molecule has 0 atom stereocenters. The van der Waals surface area contributed by atoms with Crippen molar-refractivity contribution in [2.45, 2.75) is 52.0 Å². The van der Waals surface area contributed by atoms with Gasteiger partial charge in [0.15, 0.2) is 0 Å². The van der Waals surface area contributed by atoms with Gasteiger partial charge in [0.2, 0.25) is 0 Å². The van der Waals surface area contributed by atoms with Crippen molar-refractivity contribution in [1.29, 1.82) is 0 Å². The zero-order valence-corrected chi connectivity index (χ0v) is 12.4. The molecule has 1 aromatic heterocycles. The number of nitrogens with one attached hydrogen (secondary N) is 1. The summed E-state index contributed by atoms with van der Waals surface area (Å²) in [6, 6.07) is 4.00. The summed E-state index contributed by atoms with van der Waals surface area (Å²) in [4.78, 5) is 19.0. The quantitative estimate of drug-likeness (QED) is 0.639. The molecule has 0 aliphatic heterocycles. The van der Waals surface area contributed by atoms with E-state index in [9.17, 15) is 4.79 Å². The lowest BCUT2D eigenvalue weighted by Gasteiger charge is -2.28. The fraction of sp³-hybridized carbons (Fsp3) is 0.600. The van der Waals surface area contributed by atoms with E-state index >= 15 is 0 Å². The summed E-state index contributed by atoms with van der Waals surface area (Å²) < 4.78 is 0. The number of hydrazine groups is 1. The number of nitrogens with zero attached hydrogens (tertiary/aromatic N) is 2. The first kappa shape index (κ1) is 14.8. The number of aryl methyl sites for hydroxylation is 1. The van der Waals surface area contributed by atoms with Crippen molar-refractivity contribution >= 4 is 11.7 Å². The van der Waals surface area contributed by atoms with Gasteiger partial charge in [-0.05, 0) is 38.3 Å². The molecule has 3 N–H and O–H groups in total. The Bertz CT molecular complexity index is 447. The summed E-state index contributed by atoms with van der Waals surface area (Å²) in [5.41, 5.74) is 4.10. The zero-order valence-electron chi connectivity index (χ0n) is 12.4. The minimum Gasteiger partial charge on any atom is -0.336 e. The van der Waals surface area contributed by atoms with Crippen molar-refractivity contribution in [3.8, 4) is 0 Å². The first-order valence-electron chi connectivity index (χ1n) is 7.48. The maximum absolute atomic E-state index is 12.7. The van der Waals surface area contributed by atoms with Gasteiger partial charge in [0, 0.05) is 23.8 Å². The van der Waals surface area contributed by atoms with Crippen molar-refractivity contribution in [3.63, 3.8) is 0 Å². The van der Waals surface area contributed by atoms with Crippen LogP contribution in [0.3, 0.4) is 0 Å². The van der Waals surface area contributed by atoms with Crippen molar-refractivity contribution in [2.24, 2.45) is 5.84 Å². The predicted octanol–water partition coefficient (Wildman–Crippen LogP) is 2.33. The number of hydrogen-bond donors (Lipinski definition) is 2. The minimum absolute atomic E-state index is 0.0907. The summed E-state index contributed by atoms with van der Waals surface area (Å²) >= 11 is 0. The molecule has 1 aliphatic carbocycles. The van der Waals surface area contributed by atoms with Gasteiger partial charge in [0.05, 0.1) is 0 Å². The molecular weight excluding hydrogens is 252 g/mol. The van der Waals surface area contributed by atoms with E-state index in [-0.39, 0.29) is 5.91 Å². The zero-order chi connectivity index (χ0) is 14.5. The van der Waals surface area contributed by atoms with E-state index in [0.29, 0.717) is 17.4 Å². The third kappa shape index (κ3) is 3.10. The molecule has 0 saturated heterocycles. The lowest BCUT2D eigenvalue weighted by Crippen LogP contribution is -2.38. The molecule has 0 unspecified atom stereocenters. The average molecular weight is 276 g/mol. The van der Waals surface area contributed by atoms with Crippen molar-refractivity contribution in [1.82, 2.24) is 9.88 Å². The molecule has 110 valence electrons. The van der Waals surface area contributed by atoms with Gasteiger partial charge in [-0.25, -0.2) is 10.8 Å². The van der Waals surface area contributed by atoms with Crippen molar-refractivity contribution < 1.29 is 4.79 Å². The Morgan fingerprint density at radius 2 is 2.10 bits per heavy atom. The van der Waals surface area contributed by atoms with Crippen molar-refractivity contribution in [3.05, 3.63) is 23.4 Å². The van der Waals surface area contributed by atoms with Gasteiger partial charge in [-0.2, -0.15) is 0 Å². The molecule has 2 rings (SSSR count). The smallest absolute Gasteiger partial charge is 0.254 e. The number of pyridine rings is 1. The predicted molar refractivity (Wildman–Crippen MR) is 80.4 cm³/mol. The molecule has 0 aromatic carbocycles. The number of hydrogen-bond acceptors (Lipinski definition) is 4. The van der Waals surface area contributed by atoms with Gasteiger partial charge < -0.3 is 10.3 Å². The monoisotopic (exact) mass is 276 g/mol. The van der Waals surface area contributed by atoms with Crippen LogP contribution in [0.25, 0.3) is 0 Å². The fourth-order valence-electron chi connectivity index (χ4n) is 2.92. The van der Waals surface area contributed by atoms with Gasteiger partial charge in [-0.1, -0.05) is 19.8 Å². The van der Waals surface area contributed by atoms with Crippen LogP contribution in [0.1, 0.15) is 55.6 Å². The van der Waals surface area contributed by atoms with Gasteiger partial charge in [-0.3, -0.25) is 4.79 Å². The Morgan fingerprint density at radius 1 is 1.40 bits per heavy atom. The van der Waals surface area contributed by atoms with Crippen LogP contribution < -0.4 is 11.3 Å². The van der Waals surface area contributed by atoms with E-state index in [0.717, 1.165) is 31.5 Å². The summed E-state index contributed by atoms with van der Waals surface area (Å²) in [6.07, 6.45) is 5.47. The van der Waals surface area contributed by atoms with Gasteiger partial charge >= 0.3 is 0 Å². The van der Waals surface area contributed by atoms with Crippen LogP contribution >= 0.6 is 0 Å². The number of nitrogens with two attached hydrogens (primary N) is 1. The largest absolute Gasteiger partial charge is 0.336 e. The molecule has 1 heterocycles. The van der Waals surface area contributed by atoms with Gasteiger partial charge in [0.1, 0.15) is 5.82 Å². The fourth-order valence-corrected chi connectivity index (χ4v) is 2.92. The Morgan fingerprint density at radius 3 is 2.65 bits per heavy atom. The first-order valence-corrected chi connectivity index (χ1v) is 7.48. The number of carbonyl (C=O) groups is 1. The summed E-state index contributed by atoms with van der Waals surface area (Å²) in [6.45, 7) is 4.81. The number of rotatable bonds is 5. The third-order valence-corrected chi connectivity index (χ3v) is 4.00. The Hall–Kier alpha value is -1.62. The van der Waals surface area contributed by atoms with Crippen LogP contribution in [0, 0.1) is 0 Å². The topological polar surface area (TPSA) is 71.2 Å². The molecule has 1 amide bonds. The number of nitrogen functional groups attached to an aromatic ring is 1. The summed E-state index contributed by atoms with van der Waals surface area (Å²) in [7, 11) is 0. The minimum atomic E-state index is 0.0907. The second kappa shape index (κ2) is 6.70. The summed E-state index contributed by atoms with van der Waals surface area (Å²) in [5, 5.41) is 0. The first-order chi connectivity index (χ1) is 9.69. The van der Waals surface area contributed by atoms with Crippen LogP contribution in [0.5, 0.6) is 0 Å². The van der Waals surface area contributed by atoms with Crippen LogP contribution in [-0.2, 0) is 6.42 Å².